The molecule has 0 radical (unpaired) electrons. The van der Waals surface area contributed by atoms with E-state index in [9.17, 15) is 4.79 Å². The Morgan fingerprint density at radius 1 is 1.40 bits per heavy atom. The number of para-hydroxylation sites is 1. The van der Waals surface area contributed by atoms with E-state index in [0.29, 0.717) is 12.3 Å². The Hall–Kier alpha value is -1.57. The van der Waals surface area contributed by atoms with Crippen LogP contribution in [0, 0.1) is 0 Å². The van der Waals surface area contributed by atoms with Gasteiger partial charge in [0.1, 0.15) is 6.29 Å². The summed E-state index contributed by atoms with van der Waals surface area (Å²) in [6.07, 6.45) is 3.64. The highest BCUT2D eigenvalue weighted by Crippen LogP contribution is 2.27. The molecule has 0 fully saturated rings. The number of nitrogens with zero attached hydrogens (tertiary/aromatic N) is 1. The predicted molar refractivity (Wildman–Crippen MR) is 62.0 cm³/mol. The summed E-state index contributed by atoms with van der Waals surface area (Å²) >= 11 is 0. The van der Waals surface area contributed by atoms with Crippen molar-refractivity contribution in [3.8, 4) is 0 Å². The lowest BCUT2D eigenvalue weighted by molar-refractivity contribution is -0.108. The Kier molecular flexibility index (Phi) is 2.58. The van der Waals surface area contributed by atoms with Crippen molar-refractivity contribution in [1.82, 2.24) is 4.57 Å². The summed E-state index contributed by atoms with van der Waals surface area (Å²) in [4.78, 5) is 10.5. The second-order valence-electron chi connectivity index (χ2n) is 4.02. The van der Waals surface area contributed by atoms with Crippen LogP contribution in [0.4, 0.5) is 0 Å². The van der Waals surface area contributed by atoms with E-state index in [-0.39, 0.29) is 0 Å². The summed E-state index contributed by atoms with van der Waals surface area (Å²) in [7, 11) is 2.04. The molecule has 0 saturated heterocycles. The minimum Gasteiger partial charge on any atom is -0.350 e. The molecule has 2 aromatic rings. The van der Waals surface area contributed by atoms with Crippen molar-refractivity contribution in [2.75, 3.05) is 0 Å². The van der Waals surface area contributed by atoms with Gasteiger partial charge >= 0.3 is 0 Å². The smallest absolute Gasteiger partial charge is 0.120 e. The molecule has 2 nitrogen and oxygen atoms in total. The molecule has 0 bridgehead atoms. The third kappa shape index (κ3) is 1.67. The minimum absolute atomic E-state index is 0.291. The van der Waals surface area contributed by atoms with E-state index in [1.54, 1.807) is 0 Å². The molecular formula is C13H15NO. The Morgan fingerprint density at radius 2 is 2.20 bits per heavy atom. The van der Waals surface area contributed by atoms with Crippen molar-refractivity contribution >= 4 is 17.2 Å². The first kappa shape index (κ1) is 9.97. The fourth-order valence-corrected chi connectivity index (χ4v) is 2.06. The van der Waals surface area contributed by atoms with Gasteiger partial charge in [0, 0.05) is 19.7 Å². The summed E-state index contributed by atoms with van der Waals surface area (Å²) in [6, 6.07) is 8.37. The highest BCUT2D eigenvalue weighted by Gasteiger charge is 2.10. The van der Waals surface area contributed by atoms with Gasteiger partial charge < -0.3 is 9.36 Å². The van der Waals surface area contributed by atoms with Gasteiger partial charge in [-0.3, -0.25) is 0 Å². The topological polar surface area (TPSA) is 22.0 Å². The first-order chi connectivity index (χ1) is 7.24. The quantitative estimate of drug-likeness (QED) is 0.700. The summed E-state index contributed by atoms with van der Waals surface area (Å²) in [5, 5.41) is 1.24. The maximum atomic E-state index is 10.5. The van der Waals surface area contributed by atoms with Crippen LogP contribution in [0.3, 0.4) is 0 Å². The van der Waals surface area contributed by atoms with Crippen molar-refractivity contribution in [3.63, 3.8) is 0 Å². The van der Waals surface area contributed by atoms with E-state index in [2.05, 4.69) is 42.0 Å². The van der Waals surface area contributed by atoms with Gasteiger partial charge in [0.05, 0.1) is 5.52 Å². The maximum Gasteiger partial charge on any atom is 0.120 e. The summed E-state index contributed by atoms with van der Waals surface area (Å²) in [5.74, 6) is 0.291. The van der Waals surface area contributed by atoms with Gasteiger partial charge in [-0.25, -0.2) is 0 Å². The third-order valence-electron chi connectivity index (χ3n) is 2.91. The molecule has 0 aliphatic heterocycles. The SMILES string of the molecule is CC(CC=O)c1cccc2ccn(C)c12. The van der Waals surface area contributed by atoms with Crippen molar-refractivity contribution in [1.29, 1.82) is 0 Å². The molecule has 1 aromatic carbocycles. The number of hydrogen-bond donors (Lipinski definition) is 0. The Labute approximate surface area is 89.5 Å². The third-order valence-corrected chi connectivity index (χ3v) is 2.91. The molecule has 2 rings (SSSR count). The van der Waals surface area contributed by atoms with E-state index in [1.807, 2.05) is 7.05 Å². The largest absolute Gasteiger partial charge is 0.350 e. The average Bonchev–Trinajstić information content (AvgIpc) is 2.61. The van der Waals surface area contributed by atoms with Crippen LogP contribution >= 0.6 is 0 Å². The van der Waals surface area contributed by atoms with Crippen LogP contribution in [0.5, 0.6) is 0 Å². The lowest BCUT2D eigenvalue weighted by Gasteiger charge is -2.11. The zero-order valence-electron chi connectivity index (χ0n) is 9.10. The van der Waals surface area contributed by atoms with Gasteiger partial charge in [-0.15, -0.1) is 0 Å². The molecule has 1 unspecified atom stereocenters. The van der Waals surface area contributed by atoms with Gasteiger partial charge in [0.15, 0.2) is 0 Å². The molecule has 1 heterocycles. The number of fused-ring (bicyclic) bond motifs is 1. The van der Waals surface area contributed by atoms with Crippen LogP contribution in [0.2, 0.25) is 0 Å². The van der Waals surface area contributed by atoms with E-state index < -0.39 is 0 Å². The monoisotopic (exact) mass is 201 g/mol. The molecular weight excluding hydrogens is 186 g/mol. The number of carbonyl (C=O) groups is 1. The van der Waals surface area contributed by atoms with Crippen LogP contribution in [-0.2, 0) is 11.8 Å². The van der Waals surface area contributed by atoms with E-state index >= 15 is 0 Å². The van der Waals surface area contributed by atoms with E-state index in [0.717, 1.165) is 6.29 Å². The number of rotatable bonds is 3. The highest BCUT2D eigenvalue weighted by atomic mass is 16.1. The Morgan fingerprint density at radius 3 is 2.93 bits per heavy atom. The molecule has 0 saturated carbocycles. The normalized spacial score (nSPS) is 12.9. The first-order valence-corrected chi connectivity index (χ1v) is 5.21. The average molecular weight is 201 g/mol. The molecule has 1 atom stereocenters. The number of benzene rings is 1. The predicted octanol–water partition coefficient (Wildman–Crippen LogP) is 2.87. The number of aryl methyl sites for hydroxylation is 1. The lowest BCUT2D eigenvalue weighted by Crippen LogP contribution is -1.98. The second kappa shape index (κ2) is 3.89. The van der Waals surface area contributed by atoms with Crippen molar-refractivity contribution in [2.24, 2.45) is 7.05 Å². The zero-order chi connectivity index (χ0) is 10.8. The minimum atomic E-state index is 0.291. The van der Waals surface area contributed by atoms with Gasteiger partial charge in [-0.05, 0) is 22.9 Å². The number of aromatic nitrogens is 1. The Bertz CT molecular complexity index is 484. The fraction of sp³-hybridized carbons (Fsp3) is 0.308. The van der Waals surface area contributed by atoms with Crippen molar-refractivity contribution in [2.45, 2.75) is 19.3 Å². The van der Waals surface area contributed by atoms with Gasteiger partial charge in [-0.2, -0.15) is 0 Å². The van der Waals surface area contributed by atoms with Crippen LogP contribution in [0.15, 0.2) is 30.5 Å². The fourth-order valence-electron chi connectivity index (χ4n) is 2.06. The molecule has 1 aromatic heterocycles. The zero-order valence-corrected chi connectivity index (χ0v) is 9.10. The molecule has 15 heavy (non-hydrogen) atoms. The maximum absolute atomic E-state index is 10.5. The lowest BCUT2D eigenvalue weighted by atomic mass is 9.96. The first-order valence-electron chi connectivity index (χ1n) is 5.21. The molecule has 0 aliphatic rings. The van der Waals surface area contributed by atoms with E-state index in [1.165, 1.54) is 16.5 Å². The van der Waals surface area contributed by atoms with Crippen LogP contribution in [0.25, 0.3) is 10.9 Å². The Balaban J connectivity index is 2.58. The molecule has 0 amide bonds. The summed E-state index contributed by atoms with van der Waals surface area (Å²) in [5.41, 5.74) is 2.50. The standard InChI is InChI=1S/C13H15NO/c1-10(7-9-15)12-5-3-4-11-6-8-14(2)13(11)12/h3-6,8-10H,7H2,1-2H3. The van der Waals surface area contributed by atoms with Crippen molar-refractivity contribution in [3.05, 3.63) is 36.0 Å². The molecule has 0 N–H and O–H groups in total. The van der Waals surface area contributed by atoms with Crippen LogP contribution < -0.4 is 0 Å². The molecule has 78 valence electrons. The van der Waals surface area contributed by atoms with Gasteiger partial charge in [-0.1, -0.05) is 25.1 Å². The van der Waals surface area contributed by atoms with Gasteiger partial charge in [0.25, 0.3) is 0 Å². The van der Waals surface area contributed by atoms with Gasteiger partial charge in [0.2, 0.25) is 0 Å². The summed E-state index contributed by atoms with van der Waals surface area (Å²) < 4.78 is 2.12. The molecule has 0 spiro atoms. The second-order valence-corrected chi connectivity index (χ2v) is 4.02. The highest BCUT2D eigenvalue weighted by molar-refractivity contribution is 5.84. The van der Waals surface area contributed by atoms with Crippen molar-refractivity contribution < 1.29 is 4.79 Å². The molecule has 2 heteroatoms. The number of aldehydes is 1. The van der Waals surface area contributed by atoms with Crippen LogP contribution in [-0.4, -0.2) is 10.9 Å². The number of hydrogen-bond acceptors (Lipinski definition) is 1. The van der Waals surface area contributed by atoms with E-state index in [4.69, 9.17) is 0 Å². The molecule has 0 aliphatic carbocycles. The summed E-state index contributed by atoms with van der Waals surface area (Å²) in [6.45, 7) is 2.09. The van der Waals surface area contributed by atoms with Crippen LogP contribution in [0.1, 0.15) is 24.8 Å². The number of carbonyl (C=O) groups excluding carboxylic acids is 1.